The van der Waals surface area contributed by atoms with Crippen LogP contribution in [0.1, 0.15) is 42.1 Å². The van der Waals surface area contributed by atoms with E-state index in [9.17, 15) is 22.0 Å². The number of amides is 1. The Morgan fingerprint density at radius 3 is 2.56 bits per heavy atom. The molecule has 0 aliphatic heterocycles. The van der Waals surface area contributed by atoms with E-state index in [-0.39, 0.29) is 28.6 Å². The Morgan fingerprint density at radius 2 is 1.94 bits per heavy atom. The molecule has 4 rings (SSSR count). The van der Waals surface area contributed by atoms with Crippen molar-refractivity contribution < 1.29 is 22.0 Å². The molecule has 7 nitrogen and oxygen atoms in total. The number of benzene rings is 2. The zero-order valence-electron chi connectivity index (χ0n) is 16.6. The van der Waals surface area contributed by atoms with E-state index in [0.29, 0.717) is 16.3 Å². The minimum absolute atomic E-state index is 0.0190. The van der Waals surface area contributed by atoms with Crippen molar-refractivity contribution in [3.05, 3.63) is 70.5 Å². The first-order valence-electron chi connectivity index (χ1n) is 9.72. The molecule has 32 heavy (non-hydrogen) atoms. The number of sulfonamides is 1. The minimum Gasteiger partial charge on any atom is -0.326 e. The van der Waals surface area contributed by atoms with Crippen molar-refractivity contribution in [1.82, 2.24) is 9.78 Å². The Bertz CT molecular complexity index is 1290. The maximum absolute atomic E-state index is 13.2. The molecule has 168 valence electrons. The molecule has 3 aromatic rings. The van der Waals surface area contributed by atoms with Gasteiger partial charge >= 0.3 is 0 Å². The molecule has 1 fully saturated rings. The summed E-state index contributed by atoms with van der Waals surface area (Å²) < 4.78 is 52.3. The lowest BCUT2D eigenvalue weighted by Crippen LogP contribution is -2.19. The predicted octanol–water partition coefficient (Wildman–Crippen LogP) is 4.17. The van der Waals surface area contributed by atoms with E-state index in [1.54, 1.807) is 24.3 Å². The van der Waals surface area contributed by atoms with Crippen LogP contribution < -0.4 is 10.5 Å². The number of hydrogen-bond donors (Lipinski definition) is 2. The summed E-state index contributed by atoms with van der Waals surface area (Å²) in [7, 11) is -4.26. The fraction of sp³-hybridized carbons (Fsp3) is 0.238. The second-order valence-electron chi connectivity index (χ2n) is 7.52. The second-order valence-corrected chi connectivity index (χ2v) is 9.46. The van der Waals surface area contributed by atoms with Gasteiger partial charge in [-0.1, -0.05) is 29.8 Å². The molecule has 0 bridgehead atoms. The highest BCUT2D eigenvalue weighted by molar-refractivity contribution is 7.89. The first-order chi connectivity index (χ1) is 15.1. The van der Waals surface area contributed by atoms with Gasteiger partial charge in [0.1, 0.15) is 10.6 Å². The molecule has 1 amide bonds. The fourth-order valence-electron chi connectivity index (χ4n) is 3.40. The van der Waals surface area contributed by atoms with Crippen LogP contribution in [0.3, 0.4) is 0 Å². The molecule has 1 aliphatic rings. The number of carbonyl (C=O) groups excluding carboxylic acids is 1. The molecule has 1 saturated carbocycles. The maximum atomic E-state index is 13.2. The molecule has 0 unspecified atom stereocenters. The summed E-state index contributed by atoms with van der Waals surface area (Å²) in [6, 6.07) is 12.2. The molecular formula is C21H19ClF2N4O3S. The van der Waals surface area contributed by atoms with Crippen LogP contribution >= 0.6 is 11.6 Å². The van der Waals surface area contributed by atoms with Crippen molar-refractivity contribution in [2.45, 2.75) is 36.5 Å². The summed E-state index contributed by atoms with van der Waals surface area (Å²) in [5.74, 6) is -0.387. The van der Waals surface area contributed by atoms with Crippen LogP contribution in [-0.4, -0.2) is 24.1 Å². The molecule has 1 aromatic heterocycles. The normalized spacial score (nSPS) is 14.0. The molecule has 11 heteroatoms. The number of aromatic nitrogens is 2. The van der Waals surface area contributed by atoms with Gasteiger partial charge in [0.2, 0.25) is 15.9 Å². The van der Waals surface area contributed by atoms with Crippen LogP contribution in [0, 0.1) is 0 Å². The van der Waals surface area contributed by atoms with Gasteiger partial charge in [-0.25, -0.2) is 27.0 Å². The lowest BCUT2D eigenvalue weighted by molar-refractivity contribution is -0.115. The number of nitrogens with two attached hydrogens (primary N) is 1. The highest BCUT2D eigenvalue weighted by atomic mass is 35.5. The van der Waals surface area contributed by atoms with E-state index in [2.05, 4.69) is 10.4 Å². The van der Waals surface area contributed by atoms with Gasteiger partial charge in [0.25, 0.3) is 6.43 Å². The van der Waals surface area contributed by atoms with Crippen LogP contribution in [0.4, 0.5) is 14.5 Å². The van der Waals surface area contributed by atoms with Crippen molar-refractivity contribution in [1.29, 1.82) is 0 Å². The Hall–Kier alpha value is -2.82. The van der Waals surface area contributed by atoms with Gasteiger partial charge in [0.05, 0.1) is 12.1 Å². The van der Waals surface area contributed by atoms with Crippen molar-refractivity contribution in [2.75, 3.05) is 5.32 Å². The molecular weight excluding hydrogens is 462 g/mol. The van der Waals surface area contributed by atoms with E-state index < -0.39 is 28.0 Å². The van der Waals surface area contributed by atoms with E-state index in [1.807, 2.05) is 0 Å². The molecule has 2 aromatic carbocycles. The van der Waals surface area contributed by atoms with Gasteiger partial charge in [-0.05, 0) is 48.7 Å². The summed E-state index contributed by atoms with van der Waals surface area (Å²) in [5.41, 5.74) is 0.902. The Kier molecular flexibility index (Phi) is 6.02. The number of primary sulfonamides is 1. The van der Waals surface area contributed by atoms with Crippen LogP contribution in [0.2, 0.25) is 5.02 Å². The number of anilines is 1. The van der Waals surface area contributed by atoms with Gasteiger partial charge in [0.15, 0.2) is 0 Å². The molecule has 3 N–H and O–H groups in total. The molecule has 1 aliphatic carbocycles. The van der Waals surface area contributed by atoms with E-state index in [4.69, 9.17) is 16.7 Å². The summed E-state index contributed by atoms with van der Waals surface area (Å²) in [6.45, 7) is 0. The fourth-order valence-corrected chi connectivity index (χ4v) is 4.34. The highest BCUT2D eigenvalue weighted by Gasteiger charge is 2.31. The van der Waals surface area contributed by atoms with Crippen molar-refractivity contribution >= 4 is 33.2 Å². The average Bonchev–Trinajstić information content (AvgIpc) is 3.47. The average molecular weight is 481 g/mol. The second kappa shape index (κ2) is 8.61. The molecule has 1 heterocycles. The van der Waals surface area contributed by atoms with Crippen molar-refractivity contribution in [3.8, 4) is 5.69 Å². The number of halogens is 3. The van der Waals surface area contributed by atoms with Gasteiger partial charge in [-0.3, -0.25) is 4.79 Å². The SMILES string of the molecule is NS(=O)(=O)c1cc(NC(=O)Cc2ccccc2Cl)ccc1-n1nc(C(F)F)cc1C1CC1. The van der Waals surface area contributed by atoms with Gasteiger partial charge in [-0.2, -0.15) is 5.10 Å². The third-order valence-corrected chi connectivity index (χ3v) is 6.37. The standard InChI is InChI=1S/C21H19ClF2N4O3S/c22-15-4-2-1-3-13(15)9-20(29)26-14-7-8-17(19(10-14)32(25,30)31)28-18(12-5-6-12)11-16(27-28)21(23)24/h1-4,7-8,10-12,21H,5-6,9H2,(H,26,29)(H2,25,30,31). The van der Waals surface area contributed by atoms with E-state index in [1.165, 1.54) is 28.9 Å². The number of alkyl halides is 2. The third-order valence-electron chi connectivity index (χ3n) is 5.06. The number of carbonyl (C=O) groups is 1. The molecule has 0 saturated heterocycles. The Balaban J connectivity index is 1.68. The summed E-state index contributed by atoms with van der Waals surface area (Å²) >= 11 is 6.08. The zero-order chi connectivity index (χ0) is 23.0. The van der Waals surface area contributed by atoms with E-state index >= 15 is 0 Å². The predicted molar refractivity (Wildman–Crippen MR) is 116 cm³/mol. The maximum Gasteiger partial charge on any atom is 0.282 e. The van der Waals surface area contributed by atoms with E-state index in [0.717, 1.165) is 12.8 Å². The lowest BCUT2D eigenvalue weighted by atomic mass is 10.1. The number of nitrogens with one attached hydrogen (secondary N) is 1. The van der Waals surface area contributed by atoms with Crippen molar-refractivity contribution in [3.63, 3.8) is 0 Å². The summed E-state index contributed by atoms with van der Waals surface area (Å²) in [4.78, 5) is 12.1. The topological polar surface area (TPSA) is 107 Å². The molecule has 0 spiro atoms. The van der Waals surface area contributed by atoms with Crippen LogP contribution in [-0.2, 0) is 21.2 Å². The van der Waals surface area contributed by atoms with Gasteiger partial charge in [0, 0.05) is 22.3 Å². The first kappa shape index (κ1) is 22.4. The quantitative estimate of drug-likeness (QED) is 0.529. The van der Waals surface area contributed by atoms with Crippen LogP contribution in [0.5, 0.6) is 0 Å². The third kappa shape index (κ3) is 4.82. The Labute approximate surface area is 188 Å². The number of hydrogen-bond acceptors (Lipinski definition) is 4. The summed E-state index contributed by atoms with van der Waals surface area (Å²) in [6.07, 6.45) is -1.21. The largest absolute Gasteiger partial charge is 0.326 e. The van der Waals surface area contributed by atoms with Crippen LogP contribution in [0.25, 0.3) is 5.69 Å². The first-order valence-corrected chi connectivity index (χ1v) is 11.6. The monoisotopic (exact) mass is 480 g/mol. The number of nitrogens with zero attached hydrogens (tertiary/aromatic N) is 2. The zero-order valence-corrected chi connectivity index (χ0v) is 18.2. The number of rotatable bonds is 7. The van der Waals surface area contributed by atoms with Crippen LogP contribution in [0.15, 0.2) is 53.4 Å². The smallest absolute Gasteiger partial charge is 0.282 e. The lowest BCUT2D eigenvalue weighted by Gasteiger charge is -2.14. The molecule has 0 radical (unpaired) electrons. The van der Waals surface area contributed by atoms with Gasteiger partial charge in [-0.15, -0.1) is 0 Å². The summed E-state index contributed by atoms with van der Waals surface area (Å²) in [5, 5.41) is 12.4. The molecule has 0 atom stereocenters. The highest BCUT2D eigenvalue weighted by Crippen LogP contribution is 2.42. The van der Waals surface area contributed by atoms with Gasteiger partial charge < -0.3 is 5.32 Å². The Morgan fingerprint density at radius 1 is 1.22 bits per heavy atom. The van der Waals surface area contributed by atoms with Crippen molar-refractivity contribution in [2.24, 2.45) is 5.14 Å². The minimum atomic E-state index is -4.26.